The molecule has 146 valence electrons. The average Bonchev–Trinajstić information content (AvgIpc) is 2.78. The molecule has 0 saturated carbocycles. The summed E-state index contributed by atoms with van der Waals surface area (Å²) < 4.78 is 11.3. The van der Waals surface area contributed by atoms with Crippen molar-refractivity contribution in [1.29, 1.82) is 0 Å². The van der Waals surface area contributed by atoms with Crippen LogP contribution < -0.4 is 20.1 Å². The molecule has 0 spiro atoms. The quantitative estimate of drug-likeness (QED) is 0.702. The van der Waals surface area contributed by atoms with Gasteiger partial charge in [-0.2, -0.15) is 0 Å². The number of para-hydroxylation sites is 3. The number of carbonyl (C=O) groups excluding carboxylic acids is 2. The molecule has 6 nitrogen and oxygen atoms in total. The SMILES string of the molecule is O=C(NCc1ccccc1)c1ccccc1NC(=O)C1COc2ccccc2O1. The first kappa shape index (κ1) is 18.6. The Bertz CT molecular complexity index is 1020. The molecule has 0 saturated heterocycles. The topological polar surface area (TPSA) is 76.7 Å². The third kappa shape index (κ3) is 4.38. The summed E-state index contributed by atoms with van der Waals surface area (Å²) in [6.45, 7) is 0.504. The van der Waals surface area contributed by atoms with Gasteiger partial charge in [-0.1, -0.05) is 54.6 Å². The van der Waals surface area contributed by atoms with Crippen LogP contribution in [0.25, 0.3) is 0 Å². The van der Waals surface area contributed by atoms with Crippen molar-refractivity contribution < 1.29 is 19.1 Å². The summed E-state index contributed by atoms with van der Waals surface area (Å²) in [5.74, 6) is 0.490. The second-order valence-corrected chi connectivity index (χ2v) is 6.57. The Morgan fingerprint density at radius 3 is 2.38 bits per heavy atom. The van der Waals surface area contributed by atoms with Gasteiger partial charge < -0.3 is 20.1 Å². The van der Waals surface area contributed by atoms with Crippen molar-refractivity contribution in [2.75, 3.05) is 11.9 Å². The summed E-state index contributed by atoms with van der Waals surface area (Å²) in [5.41, 5.74) is 1.80. The van der Waals surface area contributed by atoms with Crippen molar-refractivity contribution in [3.8, 4) is 11.5 Å². The number of carbonyl (C=O) groups is 2. The number of fused-ring (bicyclic) bond motifs is 1. The fourth-order valence-electron chi connectivity index (χ4n) is 3.03. The Balaban J connectivity index is 1.43. The smallest absolute Gasteiger partial charge is 0.269 e. The molecule has 0 aliphatic carbocycles. The van der Waals surface area contributed by atoms with Crippen LogP contribution in [0.2, 0.25) is 0 Å². The molecule has 1 unspecified atom stereocenters. The number of ether oxygens (including phenoxy) is 2. The monoisotopic (exact) mass is 388 g/mol. The fraction of sp³-hybridized carbons (Fsp3) is 0.130. The van der Waals surface area contributed by atoms with Gasteiger partial charge in [-0.15, -0.1) is 0 Å². The van der Waals surface area contributed by atoms with E-state index in [-0.39, 0.29) is 18.4 Å². The van der Waals surface area contributed by atoms with E-state index in [1.54, 1.807) is 36.4 Å². The maximum Gasteiger partial charge on any atom is 0.269 e. The molecule has 2 amide bonds. The van der Waals surface area contributed by atoms with Gasteiger partial charge in [0.25, 0.3) is 11.8 Å². The number of hydrogen-bond acceptors (Lipinski definition) is 4. The van der Waals surface area contributed by atoms with Gasteiger partial charge in [0, 0.05) is 6.54 Å². The predicted molar refractivity (Wildman–Crippen MR) is 109 cm³/mol. The maximum atomic E-state index is 12.7. The zero-order valence-electron chi connectivity index (χ0n) is 15.6. The summed E-state index contributed by atoms with van der Waals surface area (Å²) in [6.07, 6.45) is -0.801. The number of anilines is 1. The molecule has 2 N–H and O–H groups in total. The van der Waals surface area contributed by atoms with E-state index in [1.165, 1.54) is 0 Å². The van der Waals surface area contributed by atoms with E-state index in [0.717, 1.165) is 5.56 Å². The molecule has 3 aromatic rings. The van der Waals surface area contributed by atoms with Gasteiger partial charge in [0.1, 0.15) is 6.61 Å². The molecule has 6 heteroatoms. The van der Waals surface area contributed by atoms with Crippen LogP contribution in [0.3, 0.4) is 0 Å². The average molecular weight is 388 g/mol. The lowest BCUT2D eigenvalue weighted by molar-refractivity contribution is -0.125. The highest BCUT2D eigenvalue weighted by Gasteiger charge is 2.28. The number of rotatable bonds is 5. The summed E-state index contributed by atoms with van der Waals surface area (Å²) in [7, 11) is 0. The van der Waals surface area contributed by atoms with E-state index < -0.39 is 6.10 Å². The summed E-state index contributed by atoms with van der Waals surface area (Å²) in [6, 6.07) is 23.7. The molecule has 3 aromatic carbocycles. The minimum Gasteiger partial charge on any atom is -0.485 e. The summed E-state index contributed by atoms with van der Waals surface area (Å²) in [4.78, 5) is 25.3. The van der Waals surface area contributed by atoms with Crippen LogP contribution in [-0.4, -0.2) is 24.5 Å². The molecule has 29 heavy (non-hydrogen) atoms. The summed E-state index contributed by atoms with van der Waals surface area (Å²) in [5, 5.41) is 5.66. The Morgan fingerprint density at radius 2 is 1.55 bits per heavy atom. The van der Waals surface area contributed by atoms with Gasteiger partial charge in [-0.25, -0.2) is 0 Å². The highest BCUT2D eigenvalue weighted by molar-refractivity contribution is 6.04. The largest absolute Gasteiger partial charge is 0.485 e. The van der Waals surface area contributed by atoms with Crippen LogP contribution >= 0.6 is 0 Å². The molecule has 1 aliphatic rings. The van der Waals surface area contributed by atoms with Crippen molar-refractivity contribution in [3.05, 3.63) is 90.0 Å². The van der Waals surface area contributed by atoms with Crippen LogP contribution in [0.1, 0.15) is 15.9 Å². The Hall–Kier alpha value is -3.80. The minimum absolute atomic E-state index is 0.102. The fourth-order valence-corrected chi connectivity index (χ4v) is 3.03. The molecular formula is C23H20N2O4. The van der Waals surface area contributed by atoms with E-state index in [0.29, 0.717) is 29.3 Å². The molecule has 4 rings (SSSR count). The van der Waals surface area contributed by atoms with E-state index in [4.69, 9.17) is 9.47 Å². The Labute approximate surface area is 168 Å². The molecule has 1 aliphatic heterocycles. The molecule has 0 aromatic heterocycles. The number of nitrogens with one attached hydrogen (secondary N) is 2. The van der Waals surface area contributed by atoms with E-state index >= 15 is 0 Å². The third-order valence-electron chi connectivity index (χ3n) is 4.53. The van der Waals surface area contributed by atoms with Crippen LogP contribution in [0, 0.1) is 0 Å². The molecule has 1 atom stereocenters. The lowest BCUT2D eigenvalue weighted by atomic mass is 10.1. The van der Waals surface area contributed by atoms with Gasteiger partial charge in [-0.3, -0.25) is 9.59 Å². The number of benzene rings is 3. The van der Waals surface area contributed by atoms with E-state index in [1.807, 2.05) is 42.5 Å². The van der Waals surface area contributed by atoms with Gasteiger partial charge in [0.2, 0.25) is 6.10 Å². The highest BCUT2D eigenvalue weighted by Crippen LogP contribution is 2.31. The zero-order valence-corrected chi connectivity index (χ0v) is 15.6. The molecular weight excluding hydrogens is 368 g/mol. The van der Waals surface area contributed by atoms with Crippen molar-refractivity contribution >= 4 is 17.5 Å². The molecule has 0 radical (unpaired) electrons. The Kier molecular flexibility index (Phi) is 5.42. The zero-order chi connectivity index (χ0) is 20.1. The van der Waals surface area contributed by atoms with Crippen LogP contribution in [0.4, 0.5) is 5.69 Å². The first-order valence-corrected chi connectivity index (χ1v) is 9.31. The first-order chi connectivity index (χ1) is 14.2. The van der Waals surface area contributed by atoms with Gasteiger partial charge in [0.15, 0.2) is 11.5 Å². The first-order valence-electron chi connectivity index (χ1n) is 9.31. The number of hydrogen-bond donors (Lipinski definition) is 2. The molecule has 1 heterocycles. The second-order valence-electron chi connectivity index (χ2n) is 6.57. The molecule has 0 bridgehead atoms. The molecule has 0 fully saturated rings. The van der Waals surface area contributed by atoms with Crippen LogP contribution in [0.15, 0.2) is 78.9 Å². The highest BCUT2D eigenvalue weighted by atomic mass is 16.6. The standard InChI is InChI=1S/C23H20N2O4/c26-22(24-14-16-8-2-1-3-9-16)17-10-4-5-11-18(17)25-23(27)21-15-28-19-12-6-7-13-20(19)29-21/h1-13,21H,14-15H2,(H,24,26)(H,25,27). The van der Waals surface area contributed by atoms with Crippen molar-refractivity contribution in [2.24, 2.45) is 0 Å². The Morgan fingerprint density at radius 1 is 0.862 bits per heavy atom. The second kappa shape index (κ2) is 8.48. The lowest BCUT2D eigenvalue weighted by Gasteiger charge is -2.25. The third-order valence-corrected chi connectivity index (χ3v) is 4.53. The van der Waals surface area contributed by atoms with Crippen molar-refractivity contribution in [2.45, 2.75) is 12.6 Å². The normalized spacial score (nSPS) is 14.7. The lowest BCUT2D eigenvalue weighted by Crippen LogP contribution is -2.40. The predicted octanol–water partition coefficient (Wildman–Crippen LogP) is 3.40. The van der Waals surface area contributed by atoms with Gasteiger partial charge in [0.05, 0.1) is 11.3 Å². The number of amides is 2. The van der Waals surface area contributed by atoms with E-state index in [2.05, 4.69) is 10.6 Å². The van der Waals surface area contributed by atoms with Crippen molar-refractivity contribution in [3.63, 3.8) is 0 Å². The van der Waals surface area contributed by atoms with Crippen LogP contribution in [-0.2, 0) is 11.3 Å². The van der Waals surface area contributed by atoms with Gasteiger partial charge >= 0.3 is 0 Å². The van der Waals surface area contributed by atoms with Crippen molar-refractivity contribution in [1.82, 2.24) is 5.32 Å². The van der Waals surface area contributed by atoms with Crippen LogP contribution in [0.5, 0.6) is 11.5 Å². The van der Waals surface area contributed by atoms with Gasteiger partial charge in [-0.05, 0) is 29.8 Å². The minimum atomic E-state index is -0.801. The maximum absolute atomic E-state index is 12.7. The summed E-state index contributed by atoms with van der Waals surface area (Å²) >= 11 is 0. The van der Waals surface area contributed by atoms with E-state index in [9.17, 15) is 9.59 Å².